The first-order valence-electron chi connectivity index (χ1n) is 8.94. The first kappa shape index (κ1) is 19.7. The first-order valence-corrected chi connectivity index (χ1v) is 8.94. The van der Waals surface area contributed by atoms with Crippen molar-refractivity contribution in [3.8, 4) is 0 Å². The maximum absolute atomic E-state index is 12.4. The van der Waals surface area contributed by atoms with E-state index in [0.29, 0.717) is 30.1 Å². The van der Waals surface area contributed by atoms with E-state index in [1.54, 1.807) is 31.2 Å². The topological polar surface area (TPSA) is 84.2 Å². The van der Waals surface area contributed by atoms with Crippen molar-refractivity contribution in [2.24, 2.45) is 5.73 Å². The Hall–Kier alpha value is -2.66. The van der Waals surface area contributed by atoms with Crippen molar-refractivity contribution in [3.63, 3.8) is 0 Å². The van der Waals surface area contributed by atoms with E-state index in [1.165, 1.54) is 5.56 Å². The predicted octanol–water partition coefficient (Wildman–Crippen LogP) is 3.59. The van der Waals surface area contributed by atoms with Crippen LogP contribution in [0.5, 0.6) is 0 Å². The maximum atomic E-state index is 12.4. The highest BCUT2D eigenvalue weighted by atomic mass is 16.2. The Morgan fingerprint density at radius 3 is 2.31 bits per heavy atom. The minimum Gasteiger partial charge on any atom is -0.350 e. The molecule has 138 valence electrons. The second kappa shape index (κ2) is 9.15. The normalized spacial score (nSPS) is 11.9. The minimum atomic E-state index is -0.275. The van der Waals surface area contributed by atoms with Crippen molar-refractivity contribution in [2.75, 3.05) is 11.9 Å². The van der Waals surface area contributed by atoms with Gasteiger partial charge in [-0.15, -0.1) is 0 Å². The highest BCUT2D eigenvalue weighted by Crippen LogP contribution is 2.17. The lowest BCUT2D eigenvalue weighted by Crippen LogP contribution is -2.32. The van der Waals surface area contributed by atoms with Crippen molar-refractivity contribution in [1.29, 1.82) is 0 Å². The van der Waals surface area contributed by atoms with Crippen LogP contribution < -0.4 is 16.4 Å². The molecule has 0 aliphatic rings. The van der Waals surface area contributed by atoms with E-state index >= 15 is 0 Å². The molecule has 5 nitrogen and oxygen atoms in total. The zero-order valence-corrected chi connectivity index (χ0v) is 15.6. The number of carbonyl (C=O) groups is 2. The maximum Gasteiger partial charge on any atom is 0.251 e. The van der Waals surface area contributed by atoms with Crippen LogP contribution in [0.2, 0.25) is 0 Å². The Balaban J connectivity index is 1.95. The molecule has 0 aliphatic heterocycles. The SMILES string of the molecule is CCC(=O)Nc1cccc(C(=O)NCC(N)c2ccc(C(C)C)cc2)c1. The summed E-state index contributed by atoms with van der Waals surface area (Å²) in [6.45, 7) is 6.41. The van der Waals surface area contributed by atoms with Crippen molar-refractivity contribution in [1.82, 2.24) is 5.32 Å². The van der Waals surface area contributed by atoms with Crippen LogP contribution in [-0.4, -0.2) is 18.4 Å². The molecule has 26 heavy (non-hydrogen) atoms. The van der Waals surface area contributed by atoms with Crippen LogP contribution in [0, 0.1) is 0 Å². The van der Waals surface area contributed by atoms with Gasteiger partial charge in [-0.05, 0) is 35.2 Å². The molecule has 0 heterocycles. The van der Waals surface area contributed by atoms with E-state index in [9.17, 15) is 9.59 Å². The van der Waals surface area contributed by atoms with Gasteiger partial charge in [0, 0.05) is 30.3 Å². The summed E-state index contributed by atoms with van der Waals surface area (Å²) in [5.74, 6) is 0.168. The van der Waals surface area contributed by atoms with Crippen LogP contribution in [0.3, 0.4) is 0 Å². The Kier molecular flexibility index (Phi) is 6.92. The van der Waals surface area contributed by atoms with E-state index in [-0.39, 0.29) is 17.9 Å². The molecule has 0 saturated carbocycles. The largest absolute Gasteiger partial charge is 0.350 e. The number of hydrogen-bond donors (Lipinski definition) is 3. The Bertz CT molecular complexity index is 754. The third-order valence-electron chi connectivity index (χ3n) is 4.24. The van der Waals surface area contributed by atoms with Gasteiger partial charge in [-0.3, -0.25) is 9.59 Å². The first-order chi connectivity index (χ1) is 12.4. The monoisotopic (exact) mass is 353 g/mol. The van der Waals surface area contributed by atoms with Gasteiger partial charge in [0.25, 0.3) is 5.91 Å². The molecule has 0 radical (unpaired) electrons. The van der Waals surface area contributed by atoms with E-state index in [0.717, 1.165) is 5.56 Å². The average Bonchev–Trinajstić information content (AvgIpc) is 2.65. The smallest absolute Gasteiger partial charge is 0.251 e. The molecular weight excluding hydrogens is 326 g/mol. The molecule has 0 aromatic heterocycles. The fraction of sp³-hybridized carbons (Fsp3) is 0.333. The number of amides is 2. The van der Waals surface area contributed by atoms with E-state index in [4.69, 9.17) is 5.73 Å². The summed E-state index contributed by atoms with van der Waals surface area (Å²) in [5.41, 5.74) is 9.53. The van der Waals surface area contributed by atoms with Gasteiger partial charge in [-0.1, -0.05) is 51.1 Å². The van der Waals surface area contributed by atoms with Gasteiger partial charge < -0.3 is 16.4 Å². The second-order valence-corrected chi connectivity index (χ2v) is 6.62. The molecule has 0 saturated heterocycles. The quantitative estimate of drug-likeness (QED) is 0.711. The molecule has 2 aromatic carbocycles. The van der Waals surface area contributed by atoms with Crippen LogP contribution in [0.1, 0.15) is 60.6 Å². The standard InChI is InChI=1S/C21H27N3O2/c1-4-20(25)24-18-7-5-6-17(12-18)21(26)23-13-19(22)16-10-8-15(9-11-16)14(2)3/h5-12,14,19H,4,13,22H2,1-3H3,(H,23,26)(H,24,25). The van der Waals surface area contributed by atoms with Gasteiger partial charge in [0.15, 0.2) is 0 Å². The number of rotatable bonds is 7. The van der Waals surface area contributed by atoms with Crippen LogP contribution in [0.15, 0.2) is 48.5 Å². The van der Waals surface area contributed by atoms with Gasteiger partial charge in [-0.25, -0.2) is 0 Å². The zero-order chi connectivity index (χ0) is 19.1. The highest BCUT2D eigenvalue weighted by Gasteiger charge is 2.11. The van der Waals surface area contributed by atoms with Crippen molar-refractivity contribution < 1.29 is 9.59 Å². The highest BCUT2D eigenvalue weighted by molar-refractivity contribution is 5.97. The van der Waals surface area contributed by atoms with Gasteiger partial charge in [0.05, 0.1) is 0 Å². The van der Waals surface area contributed by atoms with Crippen LogP contribution in [0.4, 0.5) is 5.69 Å². The van der Waals surface area contributed by atoms with Crippen molar-refractivity contribution in [2.45, 2.75) is 39.2 Å². The van der Waals surface area contributed by atoms with Crippen LogP contribution in [-0.2, 0) is 4.79 Å². The minimum absolute atomic E-state index is 0.0885. The van der Waals surface area contributed by atoms with E-state index < -0.39 is 0 Å². The number of nitrogens with one attached hydrogen (secondary N) is 2. The third-order valence-corrected chi connectivity index (χ3v) is 4.24. The summed E-state index contributed by atoms with van der Waals surface area (Å²) in [5, 5.41) is 5.60. The van der Waals surface area contributed by atoms with Gasteiger partial charge in [-0.2, -0.15) is 0 Å². The fourth-order valence-corrected chi connectivity index (χ4v) is 2.54. The van der Waals surface area contributed by atoms with Gasteiger partial charge in [0.2, 0.25) is 5.91 Å². The third kappa shape index (κ3) is 5.43. The summed E-state index contributed by atoms with van der Waals surface area (Å²) in [6, 6.07) is 14.7. The summed E-state index contributed by atoms with van der Waals surface area (Å²) < 4.78 is 0. The second-order valence-electron chi connectivity index (χ2n) is 6.62. The number of anilines is 1. The summed E-state index contributed by atoms with van der Waals surface area (Å²) >= 11 is 0. The van der Waals surface area contributed by atoms with Crippen molar-refractivity contribution >= 4 is 17.5 Å². The Morgan fingerprint density at radius 2 is 1.69 bits per heavy atom. The van der Waals surface area contributed by atoms with E-state index in [1.807, 2.05) is 12.1 Å². The predicted molar refractivity (Wildman–Crippen MR) is 105 cm³/mol. The molecule has 4 N–H and O–H groups in total. The van der Waals surface area contributed by atoms with Gasteiger partial charge in [0.1, 0.15) is 0 Å². The molecule has 2 aromatic rings. The molecule has 5 heteroatoms. The molecule has 1 atom stereocenters. The van der Waals surface area contributed by atoms with Crippen molar-refractivity contribution in [3.05, 3.63) is 65.2 Å². The molecule has 0 fully saturated rings. The number of hydrogen-bond acceptors (Lipinski definition) is 3. The lowest BCUT2D eigenvalue weighted by molar-refractivity contribution is -0.115. The molecule has 2 amide bonds. The Morgan fingerprint density at radius 1 is 1.04 bits per heavy atom. The number of carbonyl (C=O) groups excluding carboxylic acids is 2. The van der Waals surface area contributed by atoms with Gasteiger partial charge >= 0.3 is 0 Å². The number of nitrogens with two attached hydrogens (primary N) is 1. The van der Waals surface area contributed by atoms with Crippen LogP contribution >= 0.6 is 0 Å². The number of benzene rings is 2. The molecule has 2 rings (SSSR count). The lowest BCUT2D eigenvalue weighted by atomic mass is 9.99. The zero-order valence-electron chi connectivity index (χ0n) is 15.6. The fourth-order valence-electron chi connectivity index (χ4n) is 2.54. The molecule has 0 spiro atoms. The molecular formula is C21H27N3O2. The summed E-state index contributed by atoms with van der Waals surface area (Å²) in [6.07, 6.45) is 0.390. The summed E-state index contributed by atoms with van der Waals surface area (Å²) in [4.78, 5) is 23.8. The Labute approximate surface area is 155 Å². The summed E-state index contributed by atoms with van der Waals surface area (Å²) in [7, 11) is 0. The molecule has 0 aliphatic carbocycles. The lowest BCUT2D eigenvalue weighted by Gasteiger charge is -2.15. The van der Waals surface area contributed by atoms with Crippen LogP contribution in [0.25, 0.3) is 0 Å². The van der Waals surface area contributed by atoms with E-state index in [2.05, 4.69) is 36.6 Å². The molecule has 1 unspecified atom stereocenters. The average molecular weight is 353 g/mol. The molecule has 0 bridgehead atoms.